The molecule has 4 aromatic rings. The number of para-hydroxylation sites is 1. The van der Waals surface area contributed by atoms with Crippen LogP contribution in [0.25, 0.3) is 11.0 Å². The first-order chi connectivity index (χ1) is 16.8. The van der Waals surface area contributed by atoms with Crippen LogP contribution < -0.4 is 14.9 Å². The van der Waals surface area contributed by atoms with E-state index in [1.54, 1.807) is 30.3 Å². The molecule has 1 heterocycles. The molecule has 3 aromatic carbocycles. The monoisotopic (exact) mass is 516 g/mol. The van der Waals surface area contributed by atoms with E-state index in [-0.39, 0.29) is 32.9 Å². The topological polar surface area (TPSA) is 65.7 Å². The van der Waals surface area contributed by atoms with E-state index in [2.05, 4.69) is 0 Å². The highest BCUT2D eigenvalue weighted by atomic mass is 35.5. The van der Waals surface area contributed by atoms with Crippen LogP contribution in [0.5, 0.6) is 17.2 Å². The second-order valence-electron chi connectivity index (χ2n) is 8.99. The van der Waals surface area contributed by atoms with Gasteiger partial charge in [0, 0.05) is 6.07 Å². The van der Waals surface area contributed by atoms with Crippen LogP contribution in [0.2, 0.25) is 5.02 Å². The predicted octanol–water partition coefficient (Wildman–Crippen LogP) is 7.77. The Bertz CT molecular complexity index is 1500. The molecule has 0 saturated carbocycles. The van der Waals surface area contributed by atoms with Crippen molar-refractivity contribution in [3.05, 3.63) is 98.9 Å². The summed E-state index contributed by atoms with van der Waals surface area (Å²) in [5.41, 5.74) is -0.320. The molecular weight excluding hydrogens is 497 g/mol. The highest BCUT2D eigenvalue weighted by Gasteiger charge is 2.40. The first-order valence-electron chi connectivity index (χ1n) is 10.8. The van der Waals surface area contributed by atoms with Crippen LogP contribution in [0.4, 0.5) is 13.2 Å². The minimum absolute atomic E-state index is 0.0166. The lowest BCUT2D eigenvalue weighted by Crippen LogP contribution is -2.16. The maximum absolute atomic E-state index is 13.8. The molecule has 36 heavy (non-hydrogen) atoms. The molecule has 5 nitrogen and oxygen atoms in total. The molecular formula is C27H20ClF3O5. The van der Waals surface area contributed by atoms with Crippen molar-refractivity contribution in [2.45, 2.75) is 32.4 Å². The third-order valence-corrected chi connectivity index (χ3v) is 5.64. The lowest BCUT2D eigenvalue weighted by atomic mass is 9.87. The van der Waals surface area contributed by atoms with Crippen molar-refractivity contribution in [1.29, 1.82) is 0 Å². The first-order valence-corrected chi connectivity index (χ1v) is 11.2. The van der Waals surface area contributed by atoms with E-state index in [4.69, 9.17) is 25.5 Å². The average Bonchev–Trinajstić information content (AvgIpc) is 2.80. The summed E-state index contributed by atoms with van der Waals surface area (Å²) in [4.78, 5) is 25.5. The Hall–Kier alpha value is -3.78. The van der Waals surface area contributed by atoms with Crippen LogP contribution in [-0.2, 0) is 11.6 Å². The van der Waals surface area contributed by atoms with E-state index in [0.717, 1.165) is 11.6 Å². The van der Waals surface area contributed by atoms with Crippen LogP contribution in [0.1, 0.15) is 42.5 Å². The molecule has 0 N–H and O–H groups in total. The van der Waals surface area contributed by atoms with Gasteiger partial charge in [-0.1, -0.05) is 56.6 Å². The lowest BCUT2D eigenvalue weighted by Gasteiger charge is -2.18. The maximum Gasteiger partial charge on any atom is 0.453 e. The lowest BCUT2D eigenvalue weighted by molar-refractivity contribution is -0.154. The van der Waals surface area contributed by atoms with Gasteiger partial charge in [-0.2, -0.15) is 13.2 Å². The zero-order valence-corrected chi connectivity index (χ0v) is 20.2. The maximum atomic E-state index is 13.8. The Morgan fingerprint density at radius 2 is 1.61 bits per heavy atom. The number of benzene rings is 3. The van der Waals surface area contributed by atoms with Gasteiger partial charge in [-0.15, -0.1) is 0 Å². The van der Waals surface area contributed by atoms with Gasteiger partial charge in [-0.05, 0) is 47.4 Å². The zero-order valence-electron chi connectivity index (χ0n) is 19.4. The summed E-state index contributed by atoms with van der Waals surface area (Å²) in [6, 6.07) is 16.1. The van der Waals surface area contributed by atoms with E-state index >= 15 is 0 Å². The minimum atomic E-state index is -5.05. The molecule has 9 heteroatoms. The molecule has 0 bridgehead atoms. The number of esters is 1. The molecule has 186 valence electrons. The molecule has 0 radical (unpaired) electrons. The SMILES string of the molecule is CC(C)(C)c1ccc(C(=O)Oc2ccc3c(=O)c(Oc4ccccc4Cl)c(C(F)(F)F)oc3c2)cc1. The largest absolute Gasteiger partial charge is 0.453 e. The molecule has 0 unspecified atom stereocenters. The Kier molecular flexibility index (Phi) is 6.58. The van der Waals surface area contributed by atoms with E-state index < -0.39 is 34.7 Å². The van der Waals surface area contributed by atoms with Gasteiger partial charge in [0.05, 0.1) is 16.0 Å². The van der Waals surface area contributed by atoms with Crippen LogP contribution >= 0.6 is 11.6 Å². The van der Waals surface area contributed by atoms with Crippen molar-refractivity contribution < 1.29 is 31.9 Å². The molecule has 0 amide bonds. The summed E-state index contributed by atoms with van der Waals surface area (Å²) in [6.45, 7) is 6.09. The van der Waals surface area contributed by atoms with Crippen molar-refractivity contribution in [3.8, 4) is 17.2 Å². The van der Waals surface area contributed by atoms with Crippen LogP contribution in [0.15, 0.2) is 75.9 Å². The summed E-state index contributed by atoms with van der Waals surface area (Å²) in [5.74, 6) is -3.64. The van der Waals surface area contributed by atoms with Gasteiger partial charge in [0.25, 0.3) is 5.76 Å². The van der Waals surface area contributed by atoms with Crippen LogP contribution in [0.3, 0.4) is 0 Å². The number of hydrogen-bond donors (Lipinski definition) is 0. The standard InChI is InChI=1S/C27H20ClF3O5/c1-26(2,3)16-10-8-15(9-11-16)25(33)34-17-12-13-18-21(14-17)36-24(27(29,30)31)23(22(18)32)35-20-7-5-4-6-19(20)28/h4-14H,1-3H3. The van der Waals surface area contributed by atoms with Gasteiger partial charge in [-0.3, -0.25) is 4.79 Å². The second-order valence-corrected chi connectivity index (χ2v) is 9.40. The number of fused-ring (bicyclic) bond motifs is 1. The Labute approximate surface area is 209 Å². The van der Waals surface area contributed by atoms with Gasteiger partial charge in [-0.25, -0.2) is 4.79 Å². The molecule has 0 atom stereocenters. The average molecular weight is 517 g/mol. The van der Waals surface area contributed by atoms with Crippen LogP contribution in [0, 0.1) is 0 Å². The molecule has 0 fully saturated rings. The molecule has 0 spiro atoms. The van der Waals surface area contributed by atoms with Gasteiger partial charge >= 0.3 is 12.1 Å². The molecule has 1 aromatic heterocycles. The Morgan fingerprint density at radius 1 is 0.944 bits per heavy atom. The predicted molar refractivity (Wildman–Crippen MR) is 129 cm³/mol. The minimum Gasteiger partial charge on any atom is -0.448 e. The van der Waals surface area contributed by atoms with E-state index in [0.29, 0.717) is 0 Å². The first kappa shape index (κ1) is 25.3. The van der Waals surface area contributed by atoms with Gasteiger partial charge in [0.2, 0.25) is 11.2 Å². The van der Waals surface area contributed by atoms with Crippen LogP contribution in [-0.4, -0.2) is 5.97 Å². The summed E-state index contributed by atoms with van der Waals surface area (Å²) in [6.07, 6.45) is -5.05. The fourth-order valence-corrected chi connectivity index (χ4v) is 3.58. The third-order valence-electron chi connectivity index (χ3n) is 5.33. The van der Waals surface area contributed by atoms with Gasteiger partial charge in [0.1, 0.15) is 17.1 Å². The fraction of sp³-hybridized carbons (Fsp3) is 0.185. The van der Waals surface area contributed by atoms with Crippen molar-refractivity contribution in [1.82, 2.24) is 0 Å². The molecule has 0 aliphatic carbocycles. The number of carbonyl (C=O) groups excluding carboxylic acids is 1. The second kappa shape index (κ2) is 9.35. The summed E-state index contributed by atoms with van der Waals surface area (Å²) < 4.78 is 56.9. The van der Waals surface area contributed by atoms with Crippen molar-refractivity contribution >= 4 is 28.5 Å². The number of carbonyl (C=O) groups is 1. The number of halogens is 4. The number of ether oxygens (including phenoxy) is 2. The number of hydrogen-bond acceptors (Lipinski definition) is 5. The Morgan fingerprint density at radius 3 is 2.22 bits per heavy atom. The van der Waals surface area contributed by atoms with E-state index in [1.165, 1.54) is 30.3 Å². The van der Waals surface area contributed by atoms with Crippen molar-refractivity contribution in [2.75, 3.05) is 0 Å². The third kappa shape index (κ3) is 5.23. The summed E-state index contributed by atoms with van der Waals surface area (Å²) >= 11 is 5.97. The normalized spacial score (nSPS) is 12.0. The zero-order chi connectivity index (χ0) is 26.3. The smallest absolute Gasteiger partial charge is 0.448 e. The van der Waals surface area contributed by atoms with Crippen molar-refractivity contribution in [3.63, 3.8) is 0 Å². The summed E-state index contributed by atoms with van der Waals surface area (Å²) in [5, 5.41) is -0.178. The molecule has 0 saturated heterocycles. The molecule has 4 rings (SSSR count). The van der Waals surface area contributed by atoms with E-state index in [9.17, 15) is 22.8 Å². The van der Waals surface area contributed by atoms with Gasteiger partial charge in [0.15, 0.2) is 0 Å². The van der Waals surface area contributed by atoms with Crippen molar-refractivity contribution in [2.24, 2.45) is 0 Å². The summed E-state index contributed by atoms with van der Waals surface area (Å²) in [7, 11) is 0. The highest BCUT2D eigenvalue weighted by Crippen LogP contribution is 2.40. The molecule has 0 aliphatic heterocycles. The highest BCUT2D eigenvalue weighted by molar-refractivity contribution is 6.32. The number of rotatable bonds is 4. The quantitative estimate of drug-likeness (QED) is 0.205. The molecule has 0 aliphatic rings. The van der Waals surface area contributed by atoms with E-state index in [1.807, 2.05) is 20.8 Å². The fourth-order valence-electron chi connectivity index (χ4n) is 3.41. The number of alkyl halides is 3. The Balaban J connectivity index is 1.70. The van der Waals surface area contributed by atoms with Gasteiger partial charge < -0.3 is 13.9 Å².